The van der Waals surface area contributed by atoms with Crippen molar-refractivity contribution >= 4 is 21.6 Å². The highest BCUT2D eigenvalue weighted by Gasteiger charge is 2.21. The van der Waals surface area contributed by atoms with Crippen LogP contribution in [0.1, 0.15) is 12.5 Å². The average Bonchev–Trinajstić information content (AvgIpc) is 2.55. The van der Waals surface area contributed by atoms with Crippen LogP contribution in [0.4, 0.5) is 5.69 Å². The first-order valence-corrected chi connectivity index (χ1v) is 8.29. The van der Waals surface area contributed by atoms with Gasteiger partial charge in [0.2, 0.25) is 15.9 Å². The van der Waals surface area contributed by atoms with Crippen molar-refractivity contribution in [2.75, 3.05) is 5.32 Å². The Balaban J connectivity index is 2.07. The number of nitrogens with zero attached hydrogens (tertiary/aromatic N) is 1. The van der Waals surface area contributed by atoms with E-state index in [0.29, 0.717) is 11.3 Å². The summed E-state index contributed by atoms with van der Waals surface area (Å²) in [6.07, 6.45) is 0. The van der Waals surface area contributed by atoms with E-state index < -0.39 is 22.0 Å². The summed E-state index contributed by atoms with van der Waals surface area (Å²) in [5.74, 6) is -0.514. The lowest BCUT2D eigenvalue weighted by molar-refractivity contribution is -0.117. The smallest absolute Gasteiger partial charge is 0.242 e. The molecule has 118 valence electrons. The van der Waals surface area contributed by atoms with Crippen molar-refractivity contribution < 1.29 is 13.2 Å². The summed E-state index contributed by atoms with van der Waals surface area (Å²) in [4.78, 5) is 12.2. The molecule has 0 aliphatic heterocycles. The molecule has 0 saturated heterocycles. The Bertz CT molecular complexity index is 842. The Hall–Kier alpha value is -2.69. The lowest BCUT2D eigenvalue weighted by atomic mass is 10.2. The number of nitriles is 1. The first-order valence-electron chi connectivity index (χ1n) is 6.81. The first-order chi connectivity index (χ1) is 10.9. The van der Waals surface area contributed by atoms with Gasteiger partial charge in [-0.3, -0.25) is 4.79 Å². The van der Waals surface area contributed by atoms with E-state index in [4.69, 9.17) is 5.26 Å². The maximum atomic E-state index is 12.2. The fourth-order valence-corrected chi connectivity index (χ4v) is 3.09. The molecule has 0 aliphatic carbocycles. The fourth-order valence-electron chi connectivity index (χ4n) is 1.87. The van der Waals surface area contributed by atoms with Gasteiger partial charge in [0, 0.05) is 5.69 Å². The summed E-state index contributed by atoms with van der Waals surface area (Å²) in [5, 5.41) is 11.4. The van der Waals surface area contributed by atoms with Crippen LogP contribution < -0.4 is 10.0 Å². The third-order valence-corrected chi connectivity index (χ3v) is 4.59. The van der Waals surface area contributed by atoms with Crippen LogP contribution in [-0.4, -0.2) is 20.4 Å². The summed E-state index contributed by atoms with van der Waals surface area (Å²) >= 11 is 0. The Morgan fingerprint density at radius 3 is 2.48 bits per heavy atom. The molecule has 1 amide bonds. The molecule has 0 fully saturated rings. The third-order valence-electron chi connectivity index (χ3n) is 3.04. The molecule has 0 bridgehead atoms. The van der Waals surface area contributed by atoms with Crippen molar-refractivity contribution in [3.05, 3.63) is 60.2 Å². The molecule has 0 spiro atoms. The second kappa shape index (κ2) is 7.05. The zero-order chi connectivity index (χ0) is 16.9. The molecule has 0 aromatic heterocycles. The molecule has 23 heavy (non-hydrogen) atoms. The summed E-state index contributed by atoms with van der Waals surface area (Å²) in [6, 6.07) is 15.2. The van der Waals surface area contributed by atoms with Crippen molar-refractivity contribution in [1.29, 1.82) is 5.26 Å². The van der Waals surface area contributed by atoms with E-state index in [9.17, 15) is 13.2 Å². The lowest BCUT2D eigenvalue weighted by Gasteiger charge is -2.14. The minimum atomic E-state index is -3.77. The molecule has 7 heteroatoms. The second-order valence-electron chi connectivity index (χ2n) is 4.84. The Morgan fingerprint density at radius 1 is 1.13 bits per heavy atom. The Labute approximate surface area is 134 Å². The van der Waals surface area contributed by atoms with E-state index in [-0.39, 0.29) is 4.90 Å². The SMILES string of the molecule is CC(NS(=O)(=O)c1ccccc1)C(=O)Nc1cccc(C#N)c1. The molecule has 1 unspecified atom stereocenters. The molecule has 1 atom stereocenters. The predicted octanol–water partition coefficient (Wildman–Crippen LogP) is 1.86. The number of amides is 1. The van der Waals surface area contributed by atoms with E-state index in [1.54, 1.807) is 36.4 Å². The standard InChI is InChI=1S/C16H15N3O3S/c1-12(19-23(21,22)15-8-3-2-4-9-15)16(20)18-14-7-5-6-13(10-14)11-17/h2-10,12,19H,1H3,(H,18,20). The van der Waals surface area contributed by atoms with Gasteiger partial charge in [0.15, 0.2) is 0 Å². The number of nitrogens with one attached hydrogen (secondary N) is 2. The first kappa shape index (κ1) is 16.7. The van der Waals surface area contributed by atoms with Gasteiger partial charge in [-0.05, 0) is 37.3 Å². The highest BCUT2D eigenvalue weighted by Crippen LogP contribution is 2.11. The van der Waals surface area contributed by atoms with E-state index in [2.05, 4.69) is 10.0 Å². The molecule has 0 aliphatic rings. The number of sulfonamides is 1. The van der Waals surface area contributed by atoms with Crippen LogP contribution in [0.25, 0.3) is 0 Å². The van der Waals surface area contributed by atoms with Crippen LogP contribution >= 0.6 is 0 Å². The highest BCUT2D eigenvalue weighted by molar-refractivity contribution is 7.89. The summed E-state index contributed by atoms with van der Waals surface area (Å²) < 4.78 is 26.6. The van der Waals surface area contributed by atoms with E-state index in [1.807, 2.05) is 6.07 Å². The zero-order valence-corrected chi connectivity index (χ0v) is 13.2. The van der Waals surface area contributed by atoms with Crippen LogP contribution in [0.3, 0.4) is 0 Å². The van der Waals surface area contributed by atoms with Crippen LogP contribution in [0.5, 0.6) is 0 Å². The van der Waals surface area contributed by atoms with Gasteiger partial charge in [0.1, 0.15) is 0 Å². The lowest BCUT2D eigenvalue weighted by Crippen LogP contribution is -2.41. The molecule has 2 aromatic rings. The number of carbonyl (C=O) groups is 1. The minimum Gasteiger partial charge on any atom is -0.325 e. The van der Waals surface area contributed by atoms with Crippen LogP contribution in [0.2, 0.25) is 0 Å². The number of hydrogen-bond acceptors (Lipinski definition) is 4. The number of anilines is 1. The van der Waals surface area contributed by atoms with Gasteiger partial charge in [0.05, 0.1) is 22.6 Å². The molecule has 0 heterocycles. The van der Waals surface area contributed by atoms with Crippen LogP contribution in [-0.2, 0) is 14.8 Å². The summed E-state index contributed by atoms with van der Waals surface area (Å²) in [7, 11) is -3.77. The molecular formula is C16H15N3O3S. The predicted molar refractivity (Wildman–Crippen MR) is 86.0 cm³/mol. The molecule has 2 N–H and O–H groups in total. The molecular weight excluding hydrogens is 314 g/mol. The fraction of sp³-hybridized carbons (Fsp3) is 0.125. The maximum Gasteiger partial charge on any atom is 0.242 e. The molecule has 0 radical (unpaired) electrons. The molecule has 0 saturated carbocycles. The van der Waals surface area contributed by atoms with E-state index in [0.717, 1.165) is 0 Å². The van der Waals surface area contributed by atoms with Crippen molar-refractivity contribution in [2.45, 2.75) is 17.9 Å². The third kappa shape index (κ3) is 4.39. The highest BCUT2D eigenvalue weighted by atomic mass is 32.2. The van der Waals surface area contributed by atoms with Crippen molar-refractivity contribution in [3.8, 4) is 6.07 Å². The second-order valence-corrected chi connectivity index (χ2v) is 6.55. The van der Waals surface area contributed by atoms with Gasteiger partial charge in [-0.2, -0.15) is 9.98 Å². The van der Waals surface area contributed by atoms with Crippen LogP contribution in [0.15, 0.2) is 59.5 Å². The van der Waals surface area contributed by atoms with Gasteiger partial charge in [-0.25, -0.2) is 8.42 Å². The summed E-state index contributed by atoms with van der Waals surface area (Å²) in [6.45, 7) is 1.45. The zero-order valence-electron chi connectivity index (χ0n) is 12.4. The number of carbonyl (C=O) groups excluding carboxylic acids is 1. The van der Waals surface area contributed by atoms with Gasteiger partial charge in [-0.15, -0.1) is 0 Å². The molecule has 2 rings (SSSR count). The maximum absolute atomic E-state index is 12.2. The van der Waals surface area contributed by atoms with Gasteiger partial charge >= 0.3 is 0 Å². The number of rotatable bonds is 5. The Morgan fingerprint density at radius 2 is 1.83 bits per heavy atom. The number of hydrogen-bond donors (Lipinski definition) is 2. The van der Waals surface area contributed by atoms with Gasteiger partial charge in [0.25, 0.3) is 0 Å². The van der Waals surface area contributed by atoms with Crippen molar-refractivity contribution in [2.24, 2.45) is 0 Å². The topological polar surface area (TPSA) is 99.1 Å². The van der Waals surface area contributed by atoms with E-state index in [1.165, 1.54) is 25.1 Å². The summed E-state index contributed by atoms with van der Waals surface area (Å²) in [5.41, 5.74) is 0.833. The van der Waals surface area contributed by atoms with Gasteiger partial charge in [-0.1, -0.05) is 24.3 Å². The normalized spacial score (nSPS) is 12.2. The van der Waals surface area contributed by atoms with Crippen LogP contribution in [0, 0.1) is 11.3 Å². The average molecular weight is 329 g/mol. The van der Waals surface area contributed by atoms with Gasteiger partial charge < -0.3 is 5.32 Å². The minimum absolute atomic E-state index is 0.0890. The monoisotopic (exact) mass is 329 g/mol. The Kier molecular flexibility index (Phi) is 5.11. The van der Waals surface area contributed by atoms with Crippen molar-refractivity contribution in [3.63, 3.8) is 0 Å². The largest absolute Gasteiger partial charge is 0.325 e. The molecule has 6 nitrogen and oxygen atoms in total. The molecule has 2 aromatic carbocycles. The number of benzene rings is 2. The van der Waals surface area contributed by atoms with Crippen molar-refractivity contribution in [1.82, 2.24) is 4.72 Å². The van der Waals surface area contributed by atoms with E-state index >= 15 is 0 Å². The quantitative estimate of drug-likeness (QED) is 0.874.